The Morgan fingerprint density at radius 2 is 1.94 bits per heavy atom. The smallest absolute Gasteiger partial charge is 0.306 e. The molecule has 4 rings (SSSR count). The van der Waals surface area contributed by atoms with Gasteiger partial charge < -0.3 is 13.7 Å². The maximum Gasteiger partial charge on any atom is 0.306 e. The Morgan fingerprint density at radius 3 is 2.71 bits per heavy atom. The van der Waals surface area contributed by atoms with Gasteiger partial charge in [-0.1, -0.05) is 22.9 Å². The number of ether oxygens (including phenoxy) is 1. The minimum Gasteiger partial charge on any atom is -0.457 e. The van der Waals surface area contributed by atoms with Crippen molar-refractivity contribution in [3.8, 4) is 22.8 Å². The molecule has 7 nitrogen and oxygen atoms in total. The van der Waals surface area contributed by atoms with Crippen molar-refractivity contribution in [3.63, 3.8) is 0 Å². The number of hydrogen-bond donors (Lipinski definition) is 0. The molecular formula is C22H17F2N3O4. The SMILES string of the molecule is Cc1ccc(-c2nc(COC(=O)CCc3ncc(-c4ccc(F)cc4F)o3)no2)cc1. The average molecular weight is 425 g/mol. The second kappa shape index (κ2) is 8.86. The van der Waals surface area contributed by atoms with Crippen LogP contribution in [0.15, 0.2) is 57.6 Å². The zero-order valence-corrected chi connectivity index (χ0v) is 16.5. The highest BCUT2D eigenvalue weighted by Gasteiger charge is 2.15. The van der Waals surface area contributed by atoms with Crippen LogP contribution >= 0.6 is 0 Å². The van der Waals surface area contributed by atoms with Gasteiger partial charge in [-0.25, -0.2) is 13.8 Å². The molecule has 2 aromatic carbocycles. The van der Waals surface area contributed by atoms with Gasteiger partial charge in [-0.3, -0.25) is 4.79 Å². The van der Waals surface area contributed by atoms with Gasteiger partial charge in [-0.15, -0.1) is 0 Å². The van der Waals surface area contributed by atoms with Gasteiger partial charge in [-0.2, -0.15) is 4.98 Å². The number of carbonyl (C=O) groups excluding carboxylic acids is 1. The van der Waals surface area contributed by atoms with Gasteiger partial charge in [0.2, 0.25) is 5.82 Å². The molecule has 2 aromatic heterocycles. The van der Waals surface area contributed by atoms with E-state index in [4.69, 9.17) is 13.7 Å². The van der Waals surface area contributed by atoms with Crippen LogP contribution in [0.25, 0.3) is 22.8 Å². The van der Waals surface area contributed by atoms with Crippen molar-refractivity contribution in [2.45, 2.75) is 26.4 Å². The van der Waals surface area contributed by atoms with Crippen molar-refractivity contribution < 1.29 is 27.3 Å². The van der Waals surface area contributed by atoms with Gasteiger partial charge in [-0.05, 0) is 31.2 Å². The highest BCUT2D eigenvalue weighted by Crippen LogP contribution is 2.24. The minimum absolute atomic E-state index is 0.00543. The first kappa shape index (κ1) is 20.4. The van der Waals surface area contributed by atoms with E-state index in [-0.39, 0.29) is 42.5 Å². The van der Waals surface area contributed by atoms with E-state index in [2.05, 4.69) is 15.1 Å². The number of hydrogen-bond acceptors (Lipinski definition) is 7. The molecule has 0 fully saturated rings. The van der Waals surface area contributed by atoms with Crippen LogP contribution in [0, 0.1) is 18.6 Å². The molecule has 0 aliphatic heterocycles. The number of halogens is 2. The second-order valence-corrected chi connectivity index (χ2v) is 6.78. The highest BCUT2D eigenvalue weighted by atomic mass is 19.1. The molecule has 0 N–H and O–H groups in total. The normalized spacial score (nSPS) is 10.9. The number of aromatic nitrogens is 3. The number of nitrogens with zero attached hydrogens (tertiary/aromatic N) is 3. The van der Waals surface area contributed by atoms with Gasteiger partial charge in [0, 0.05) is 18.1 Å². The standard InChI is InChI=1S/C22H17F2N3O4/c1-13-2-4-14(5-3-13)22-26-19(27-31-22)12-29-21(28)9-8-20-25-11-18(30-20)16-7-6-15(23)10-17(16)24/h2-7,10-11H,8-9,12H2,1H3. The van der Waals surface area contributed by atoms with Gasteiger partial charge in [0.15, 0.2) is 18.3 Å². The summed E-state index contributed by atoms with van der Waals surface area (Å²) < 4.78 is 42.6. The van der Waals surface area contributed by atoms with Crippen molar-refractivity contribution in [1.29, 1.82) is 0 Å². The summed E-state index contributed by atoms with van der Waals surface area (Å²) in [6.07, 6.45) is 1.47. The Labute approximate surface area is 175 Å². The van der Waals surface area contributed by atoms with Gasteiger partial charge >= 0.3 is 5.97 Å². The number of esters is 1. The van der Waals surface area contributed by atoms with E-state index in [1.165, 1.54) is 12.3 Å². The summed E-state index contributed by atoms with van der Waals surface area (Å²) in [7, 11) is 0. The number of oxazole rings is 1. The van der Waals surface area contributed by atoms with E-state index < -0.39 is 17.6 Å². The lowest BCUT2D eigenvalue weighted by Crippen LogP contribution is -2.06. The van der Waals surface area contributed by atoms with Crippen LogP contribution in [0.1, 0.15) is 23.7 Å². The molecule has 0 aliphatic rings. The van der Waals surface area contributed by atoms with Crippen LogP contribution in [-0.4, -0.2) is 21.1 Å². The lowest BCUT2D eigenvalue weighted by atomic mass is 10.1. The molecule has 158 valence electrons. The number of carbonyl (C=O) groups is 1. The quantitative estimate of drug-likeness (QED) is 0.398. The number of aryl methyl sites for hydroxylation is 2. The fourth-order valence-corrected chi connectivity index (χ4v) is 2.79. The Kier molecular flexibility index (Phi) is 5.83. The molecule has 0 spiro atoms. The van der Waals surface area contributed by atoms with Crippen molar-refractivity contribution in [2.75, 3.05) is 0 Å². The van der Waals surface area contributed by atoms with E-state index in [0.29, 0.717) is 5.89 Å². The van der Waals surface area contributed by atoms with Gasteiger partial charge in [0.05, 0.1) is 18.2 Å². The molecule has 4 aromatic rings. The number of benzene rings is 2. The first-order chi connectivity index (χ1) is 15.0. The maximum absolute atomic E-state index is 13.8. The molecule has 0 saturated heterocycles. The lowest BCUT2D eigenvalue weighted by molar-refractivity contribution is -0.145. The van der Waals surface area contributed by atoms with Crippen molar-refractivity contribution in [3.05, 3.63) is 77.6 Å². The fourth-order valence-electron chi connectivity index (χ4n) is 2.79. The third-order valence-corrected chi connectivity index (χ3v) is 4.42. The Morgan fingerprint density at radius 1 is 1.13 bits per heavy atom. The van der Waals surface area contributed by atoms with E-state index in [9.17, 15) is 13.6 Å². The first-order valence-corrected chi connectivity index (χ1v) is 9.43. The summed E-state index contributed by atoms with van der Waals surface area (Å²) in [6.45, 7) is 1.84. The summed E-state index contributed by atoms with van der Waals surface area (Å²) in [6, 6.07) is 10.7. The summed E-state index contributed by atoms with van der Waals surface area (Å²) in [5.74, 6) is -0.980. The topological polar surface area (TPSA) is 91.2 Å². The molecule has 0 radical (unpaired) electrons. The molecular weight excluding hydrogens is 408 g/mol. The largest absolute Gasteiger partial charge is 0.457 e. The maximum atomic E-state index is 13.8. The summed E-state index contributed by atoms with van der Waals surface area (Å²) in [4.78, 5) is 20.2. The average Bonchev–Trinajstić information content (AvgIpc) is 3.41. The van der Waals surface area contributed by atoms with Crippen LogP contribution < -0.4 is 0 Å². The van der Waals surface area contributed by atoms with Crippen molar-refractivity contribution in [1.82, 2.24) is 15.1 Å². The third kappa shape index (κ3) is 5.00. The molecule has 0 aliphatic carbocycles. The predicted molar refractivity (Wildman–Crippen MR) is 104 cm³/mol. The molecule has 2 heterocycles. The summed E-state index contributed by atoms with van der Waals surface area (Å²) >= 11 is 0. The molecule has 0 amide bonds. The lowest BCUT2D eigenvalue weighted by Gasteiger charge is -2.01. The Balaban J connectivity index is 1.28. The summed E-state index contributed by atoms with van der Waals surface area (Å²) in [5, 5.41) is 3.80. The highest BCUT2D eigenvalue weighted by molar-refractivity contribution is 5.69. The van der Waals surface area contributed by atoms with Crippen LogP contribution in [0.3, 0.4) is 0 Å². The van der Waals surface area contributed by atoms with E-state index in [1.807, 2.05) is 31.2 Å². The Bertz CT molecular complexity index is 1200. The molecule has 0 unspecified atom stereocenters. The molecule has 0 atom stereocenters. The number of rotatable bonds is 7. The van der Waals surface area contributed by atoms with E-state index >= 15 is 0 Å². The minimum atomic E-state index is -0.757. The van der Waals surface area contributed by atoms with E-state index in [0.717, 1.165) is 23.3 Å². The van der Waals surface area contributed by atoms with Crippen LogP contribution in [0.2, 0.25) is 0 Å². The van der Waals surface area contributed by atoms with Crippen LogP contribution in [0.4, 0.5) is 8.78 Å². The molecule has 31 heavy (non-hydrogen) atoms. The molecule has 9 heteroatoms. The van der Waals surface area contributed by atoms with E-state index in [1.54, 1.807) is 0 Å². The van der Waals surface area contributed by atoms with Gasteiger partial charge in [0.25, 0.3) is 5.89 Å². The molecule has 0 bridgehead atoms. The zero-order chi connectivity index (χ0) is 21.8. The fraction of sp³-hybridized carbons (Fsp3) is 0.182. The Hall–Kier alpha value is -3.88. The molecule has 0 saturated carbocycles. The van der Waals surface area contributed by atoms with Crippen LogP contribution in [-0.2, 0) is 22.6 Å². The second-order valence-electron chi connectivity index (χ2n) is 6.78. The monoisotopic (exact) mass is 425 g/mol. The van der Waals surface area contributed by atoms with Crippen molar-refractivity contribution >= 4 is 5.97 Å². The summed E-state index contributed by atoms with van der Waals surface area (Å²) in [5.41, 5.74) is 1.97. The van der Waals surface area contributed by atoms with Crippen molar-refractivity contribution in [2.24, 2.45) is 0 Å². The predicted octanol–water partition coefficient (Wildman–Crippen LogP) is 4.65. The third-order valence-electron chi connectivity index (χ3n) is 4.42. The van der Waals surface area contributed by atoms with Crippen LogP contribution in [0.5, 0.6) is 0 Å². The van der Waals surface area contributed by atoms with Gasteiger partial charge in [0.1, 0.15) is 11.6 Å². The first-order valence-electron chi connectivity index (χ1n) is 9.43. The zero-order valence-electron chi connectivity index (χ0n) is 16.5.